The van der Waals surface area contributed by atoms with Gasteiger partial charge in [0, 0.05) is 19.5 Å². The molecule has 0 rings (SSSR count). The number of nitrogens with two attached hydrogens (primary N) is 1. The predicted octanol–water partition coefficient (Wildman–Crippen LogP) is -1.81. The van der Waals surface area contributed by atoms with E-state index in [0.717, 1.165) is 0 Å². The molecular weight excluding hydrogens is 319 g/mol. The van der Waals surface area contributed by atoms with Crippen LogP contribution in [-0.2, 0) is 48.3 Å². The fourth-order valence-electron chi connectivity index (χ4n) is 0.999. The van der Waals surface area contributed by atoms with Gasteiger partial charge in [-0.05, 0) is 0 Å². The monoisotopic (exact) mass is 329 g/mol. The van der Waals surface area contributed by atoms with Crippen LogP contribution in [0.4, 0.5) is 0 Å². The third-order valence-corrected chi connectivity index (χ3v) is 1.83. The maximum Gasteiger partial charge on any atom is 0.340 e. The Morgan fingerprint density at radius 2 is 1.58 bits per heavy atom. The molecule has 0 bridgehead atoms. The maximum absolute atomic E-state index is 11.1. The van der Waals surface area contributed by atoms with Crippen LogP contribution >= 0.6 is 0 Å². The summed E-state index contributed by atoms with van der Waals surface area (Å²) in [5.74, 6) is -6.05. The van der Waals surface area contributed by atoms with Crippen LogP contribution in [-0.4, -0.2) is 51.5 Å². The fourth-order valence-corrected chi connectivity index (χ4v) is 0.999. The van der Waals surface area contributed by atoms with Crippen LogP contribution in [0, 0.1) is 0 Å². The van der Waals surface area contributed by atoms with Crippen molar-refractivity contribution in [3.8, 4) is 0 Å². The van der Waals surface area contributed by atoms with Crippen molar-refractivity contribution in [1.82, 2.24) is 0 Å². The SMILES string of the molecule is NCC(=O)OC(=O)CC(CC(=O)O)(OO)C(=O)O.[Zn]. The van der Waals surface area contributed by atoms with Crippen molar-refractivity contribution in [2.24, 2.45) is 5.73 Å². The van der Waals surface area contributed by atoms with Gasteiger partial charge in [0.25, 0.3) is 0 Å². The van der Waals surface area contributed by atoms with E-state index in [4.69, 9.17) is 21.2 Å². The van der Waals surface area contributed by atoms with Crippen molar-refractivity contribution in [3.05, 3.63) is 0 Å². The van der Waals surface area contributed by atoms with Gasteiger partial charge in [0.2, 0.25) is 5.60 Å². The Kier molecular flexibility index (Phi) is 9.06. The summed E-state index contributed by atoms with van der Waals surface area (Å²) in [5, 5.41) is 25.7. The number of hydrogen-bond acceptors (Lipinski definition) is 8. The van der Waals surface area contributed by atoms with Crippen LogP contribution in [0.25, 0.3) is 0 Å². The number of carboxylic acids is 2. The number of aliphatic carboxylic acids is 2. The van der Waals surface area contributed by atoms with Crippen molar-refractivity contribution in [2.75, 3.05) is 6.54 Å². The van der Waals surface area contributed by atoms with Gasteiger partial charge in [-0.3, -0.25) is 19.6 Å². The van der Waals surface area contributed by atoms with Crippen LogP contribution in [0.2, 0.25) is 0 Å². The molecule has 0 aliphatic heterocycles. The van der Waals surface area contributed by atoms with E-state index in [-0.39, 0.29) is 19.5 Å². The summed E-state index contributed by atoms with van der Waals surface area (Å²) in [4.78, 5) is 46.6. The largest absolute Gasteiger partial charge is 0.481 e. The summed E-state index contributed by atoms with van der Waals surface area (Å²) in [6, 6.07) is 0. The zero-order chi connectivity index (χ0) is 14.3. The molecule has 10 nitrogen and oxygen atoms in total. The Bertz CT molecular complexity index is 371. The zero-order valence-corrected chi connectivity index (χ0v) is 12.7. The van der Waals surface area contributed by atoms with Crippen molar-refractivity contribution in [2.45, 2.75) is 18.4 Å². The first kappa shape index (κ1) is 19.9. The Labute approximate surface area is 119 Å². The molecule has 104 valence electrons. The minimum absolute atomic E-state index is 0. The van der Waals surface area contributed by atoms with E-state index < -0.39 is 48.9 Å². The normalized spacial score (nSPS) is 12.7. The van der Waals surface area contributed by atoms with Gasteiger partial charge in [-0.2, -0.15) is 0 Å². The second-order valence-corrected chi connectivity index (χ2v) is 3.19. The first-order valence-electron chi connectivity index (χ1n) is 4.48. The van der Waals surface area contributed by atoms with Gasteiger partial charge < -0.3 is 20.7 Å². The molecule has 0 aromatic carbocycles. The molecule has 11 heteroatoms. The van der Waals surface area contributed by atoms with Crippen LogP contribution in [0.3, 0.4) is 0 Å². The predicted molar refractivity (Wildman–Crippen MR) is 51.1 cm³/mol. The van der Waals surface area contributed by atoms with Gasteiger partial charge >= 0.3 is 23.9 Å². The smallest absolute Gasteiger partial charge is 0.340 e. The molecule has 0 aliphatic carbocycles. The minimum Gasteiger partial charge on any atom is -0.481 e. The van der Waals surface area contributed by atoms with E-state index in [1.807, 2.05) is 0 Å². The van der Waals surface area contributed by atoms with Crippen molar-refractivity contribution >= 4 is 23.9 Å². The molecule has 0 saturated heterocycles. The van der Waals surface area contributed by atoms with Gasteiger partial charge in [-0.25, -0.2) is 9.68 Å². The average Bonchev–Trinajstić information content (AvgIpc) is 2.26. The number of esters is 2. The standard InChI is InChI=1S/C8H11NO9.Zn/c9-3-6(13)17-5(12)2-8(18-16,7(14)15)1-4(10)11;/h16H,1-3,9H2,(H,10,11)(H,14,15);. The molecule has 0 aliphatic rings. The van der Waals surface area contributed by atoms with Crippen LogP contribution in [0.1, 0.15) is 12.8 Å². The Morgan fingerprint density at radius 3 is 1.89 bits per heavy atom. The summed E-state index contributed by atoms with van der Waals surface area (Å²) in [7, 11) is 0. The average molecular weight is 331 g/mol. The van der Waals surface area contributed by atoms with Crippen molar-refractivity contribution in [3.63, 3.8) is 0 Å². The van der Waals surface area contributed by atoms with Crippen LogP contribution < -0.4 is 5.73 Å². The molecule has 0 spiro atoms. The molecule has 0 radical (unpaired) electrons. The van der Waals surface area contributed by atoms with E-state index in [1.165, 1.54) is 0 Å². The minimum atomic E-state index is -2.72. The summed E-state index contributed by atoms with van der Waals surface area (Å²) in [5.41, 5.74) is 2.11. The van der Waals surface area contributed by atoms with Crippen LogP contribution in [0.5, 0.6) is 0 Å². The van der Waals surface area contributed by atoms with Gasteiger partial charge in [0.15, 0.2) is 0 Å². The van der Waals surface area contributed by atoms with E-state index in [1.54, 1.807) is 0 Å². The molecule has 0 aromatic heterocycles. The number of carbonyl (C=O) groups excluding carboxylic acids is 2. The second-order valence-electron chi connectivity index (χ2n) is 3.19. The first-order chi connectivity index (χ1) is 8.27. The third kappa shape index (κ3) is 6.34. The molecule has 0 aromatic rings. The van der Waals surface area contributed by atoms with E-state index in [0.29, 0.717) is 0 Å². The summed E-state index contributed by atoms with van der Waals surface area (Å²) in [6.07, 6.45) is -2.37. The molecule has 1 atom stereocenters. The fraction of sp³-hybridized carbons (Fsp3) is 0.500. The van der Waals surface area contributed by atoms with Gasteiger partial charge in [-0.1, -0.05) is 0 Å². The Morgan fingerprint density at radius 1 is 1.05 bits per heavy atom. The van der Waals surface area contributed by atoms with Crippen molar-refractivity contribution < 1.29 is 63.8 Å². The van der Waals surface area contributed by atoms with Crippen LogP contribution in [0.15, 0.2) is 0 Å². The van der Waals surface area contributed by atoms with Gasteiger partial charge in [-0.15, -0.1) is 0 Å². The molecule has 19 heavy (non-hydrogen) atoms. The van der Waals surface area contributed by atoms with Crippen molar-refractivity contribution in [1.29, 1.82) is 0 Å². The van der Waals surface area contributed by atoms with E-state index >= 15 is 0 Å². The molecule has 0 heterocycles. The number of carboxylic acid groups (broad SMARTS) is 2. The van der Waals surface area contributed by atoms with E-state index in [2.05, 4.69) is 9.62 Å². The quantitative estimate of drug-likeness (QED) is 0.137. The molecule has 0 fully saturated rings. The van der Waals surface area contributed by atoms with Gasteiger partial charge in [0.1, 0.15) is 0 Å². The first-order valence-corrected chi connectivity index (χ1v) is 4.48. The Hall–Kier alpha value is -1.42. The molecule has 0 saturated carbocycles. The number of ether oxygens (including phenoxy) is 1. The van der Waals surface area contributed by atoms with Gasteiger partial charge in [0.05, 0.1) is 19.4 Å². The van der Waals surface area contributed by atoms with E-state index in [9.17, 15) is 19.2 Å². The molecule has 5 N–H and O–H groups in total. The topological polar surface area (TPSA) is 173 Å². The molecule has 0 amide bonds. The zero-order valence-electron chi connectivity index (χ0n) is 9.70. The summed E-state index contributed by atoms with van der Waals surface area (Å²) < 4.78 is 4.04. The number of rotatable bonds is 7. The maximum atomic E-state index is 11.1. The second kappa shape index (κ2) is 8.64. The number of hydrogen-bond donors (Lipinski definition) is 4. The third-order valence-electron chi connectivity index (χ3n) is 1.83. The summed E-state index contributed by atoms with van der Waals surface area (Å²) >= 11 is 0. The number of carbonyl (C=O) groups is 4. The molecule has 1 unspecified atom stereocenters. The Balaban J connectivity index is 0. The molecular formula is C8H11NO9Zn. The summed E-state index contributed by atoms with van der Waals surface area (Å²) in [6.45, 7) is -0.620.